The zero-order valence-corrected chi connectivity index (χ0v) is 22.7. The number of hydrogen-bond donors (Lipinski definition) is 4. The topological polar surface area (TPSA) is 180 Å². The summed E-state index contributed by atoms with van der Waals surface area (Å²) in [4.78, 5) is 25.3. The van der Waals surface area contributed by atoms with Crippen molar-refractivity contribution in [3.8, 4) is 11.5 Å². The number of aliphatic hydroxyl groups is 4. The molecule has 1 saturated heterocycles. The molecule has 4 N–H and O–H groups in total. The van der Waals surface area contributed by atoms with Gasteiger partial charge in [-0.05, 0) is 24.6 Å². The lowest BCUT2D eigenvalue weighted by atomic mass is 9.86. The van der Waals surface area contributed by atoms with Gasteiger partial charge in [0.25, 0.3) is 0 Å². The van der Waals surface area contributed by atoms with Crippen molar-refractivity contribution in [3.05, 3.63) is 47.2 Å². The molecular formula is C27H36O13. The Morgan fingerprint density at radius 1 is 1.02 bits per heavy atom. The smallest absolute Gasteiger partial charge is 0.337 e. The summed E-state index contributed by atoms with van der Waals surface area (Å²) in [6, 6.07) is 5.35. The van der Waals surface area contributed by atoms with E-state index >= 15 is 0 Å². The lowest BCUT2D eigenvalue weighted by molar-refractivity contribution is -0.327. The van der Waals surface area contributed by atoms with E-state index in [9.17, 15) is 30.0 Å². The molecule has 40 heavy (non-hydrogen) atoms. The van der Waals surface area contributed by atoms with Gasteiger partial charge in [-0.25, -0.2) is 4.79 Å². The lowest BCUT2D eigenvalue weighted by Gasteiger charge is -2.41. The second-order valence-electron chi connectivity index (χ2n) is 9.07. The predicted molar refractivity (Wildman–Crippen MR) is 136 cm³/mol. The molecule has 2 aliphatic heterocycles. The molecular weight excluding hydrogens is 532 g/mol. The van der Waals surface area contributed by atoms with Gasteiger partial charge in [-0.15, -0.1) is 0 Å². The van der Waals surface area contributed by atoms with E-state index in [1.807, 2.05) is 6.07 Å². The number of benzene rings is 1. The molecule has 1 aromatic carbocycles. The van der Waals surface area contributed by atoms with Crippen LogP contribution in [-0.2, 0) is 39.7 Å². The summed E-state index contributed by atoms with van der Waals surface area (Å²) in [5.41, 5.74) is 1.23. The summed E-state index contributed by atoms with van der Waals surface area (Å²) in [6.45, 7) is 1.06. The van der Waals surface area contributed by atoms with Crippen molar-refractivity contribution in [1.29, 1.82) is 0 Å². The Balaban J connectivity index is 1.70. The summed E-state index contributed by atoms with van der Waals surface area (Å²) in [5, 5.41) is 39.9. The van der Waals surface area contributed by atoms with Crippen molar-refractivity contribution in [3.63, 3.8) is 0 Å². The van der Waals surface area contributed by atoms with E-state index in [2.05, 4.69) is 0 Å². The van der Waals surface area contributed by atoms with Crippen LogP contribution in [0.15, 0.2) is 41.7 Å². The molecule has 222 valence electrons. The van der Waals surface area contributed by atoms with Gasteiger partial charge in [0.1, 0.15) is 24.4 Å². The van der Waals surface area contributed by atoms with Crippen molar-refractivity contribution < 1.29 is 63.2 Å². The van der Waals surface area contributed by atoms with Gasteiger partial charge in [0.2, 0.25) is 6.29 Å². The Labute approximate surface area is 231 Å². The van der Waals surface area contributed by atoms with Gasteiger partial charge < -0.3 is 53.6 Å². The molecule has 0 aliphatic carbocycles. The van der Waals surface area contributed by atoms with Crippen LogP contribution in [-0.4, -0.2) is 104 Å². The van der Waals surface area contributed by atoms with Gasteiger partial charge >= 0.3 is 11.9 Å². The van der Waals surface area contributed by atoms with Crippen LogP contribution in [0.1, 0.15) is 18.9 Å². The summed E-state index contributed by atoms with van der Waals surface area (Å²) in [6.07, 6.45) is -6.04. The third-order valence-electron chi connectivity index (χ3n) is 6.70. The minimum absolute atomic E-state index is 0.0427. The molecule has 1 aromatic rings. The monoisotopic (exact) mass is 568 g/mol. The van der Waals surface area contributed by atoms with Gasteiger partial charge in [-0.3, -0.25) is 4.79 Å². The van der Waals surface area contributed by atoms with E-state index in [1.54, 1.807) is 25.1 Å². The van der Waals surface area contributed by atoms with Crippen LogP contribution in [0.4, 0.5) is 0 Å². The van der Waals surface area contributed by atoms with E-state index in [0.717, 1.165) is 11.8 Å². The fourth-order valence-corrected chi connectivity index (χ4v) is 4.47. The maximum absolute atomic E-state index is 12.8. The zero-order chi connectivity index (χ0) is 29.4. The van der Waals surface area contributed by atoms with Gasteiger partial charge in [0.15, 0.2) is 17.8 Å². The highest BCUT2D eigenvalue weighted by molar-refractivity contribution is 5.90. The van der Waals surface area contributed by atoms with Crippen LogP contribution in [0.25, 0.3) is 0 Å². The van der Waals surface area contributed by atoms with Crippen LogP contribution in [0.2, 0.25) is 0 Å². The van der Waals surface area contributed by atoms with Gasteiger partial charge in [-0.1, -0.05) is 12.1 Å². The number of rotatable bonds is 11. The van der Waals surface area contributed by atoms with E-state index in [4.69, 9.17) is 33.2 Å². The first kappa shape index (κ1) is 31.3. The predicted octanol–water partition coefficient (Wildman–Crippen LogP) is -0.0282. The Kier molecular flexibility index (Phi) is 11.3. The van der Waals surface area contributed by atoms with Gasteiger partial charge in [-0.2, -0.15) is 0 Å². The summed E-state index contributed by atoms with van der Waals surface area (Å²) in [5.74, 6) is -1.08. The third kappa shape index (κ3) is 7.11. The molecule has 13 heteroatoms. The van der Waals surface area contributed by atoms with Crippen LogP contribution >= 0.6 is 0 Å². The Bertz CT molecular complexity index is 1080. The first-order valence-corrected chi connectivity index (χ1v) is 12.6. The number of carbonyl (C=O) groups excluding carboxylic acids is 2. The highest BCUT2D eigenvalue weighted by atomic mass is 16.8. The summed E-state index contributed by atoms with van der Waals surface area (Å²) < 4.78 is 37.5. The first-order valence-electron chi connectivity index (χ1n) is 12.6. The molecule has 7 unspecified atom stereocenters. The Morgan fingerprint density at radius 2 is 1.75 bits per heavy atom. The van der Waals surface area contributed by atoms with Crippen molar-refractivity contribution in [2.45, 2.75) is 56.8 Å². The second-order valence-corrected chi connectivity index (χ2v) is 9.07. The van der Waals surface area contributed by atoms with Crippen molar-refractivity contribution in [2.75, 3.05) is 34.5 Å². The fraction of sp³-hybridized carbons (Fsp3) is 0.556. The summed E-state index contributed by atoms with van der Waals surface area (Å²) >= 11 is 0. The van der Waals surface area contributed by atoms with Gasteiger partial charge in [0.05, 0.1) is 52.8 Å². The fourth-order valence-electron chi connectivity index (χ4n) is 4.47. The Hall–Kier alpha value is -3.20. The number of aliphatic hydroxyl groups excluding tert-OH is 4. The molecule has 3 rings (SSSR count). The van der Waals surface area contributed by atoms with Crippen molar-refractivity contribution in [1.82, 2.24) is 0 Å². The quantitative estimate of drug-likeness (QED) is 0.207. The standard InChI is InChI=1S/C27H36O13/c1-5-15-16(11-21(29)37-9-8-14-6-7-18(34-2)19(10-14)35-3)17(25(33)36-4)13-38-26(15)40-27-24(32)23(31)22(30)20(12-28)39-27/h5-7,10,13,16,20,22-24,26-28,30-32H,8-9,11-12H2,1-4H3. The van der Waals surface area contributed by atoms with Gasteiger partial charge in [0, 0.05) is 17.9 Å². The van der Waals surface area contributed by atoms with E-state index in [0.29, 0.717) is 23.5 Å². The average Bonchev–Trinajstić information content (AvgIpc) is 2.96. The molecule has 13 nitrogen and oxygen atoms in total. The molecule has 1 fully saturated rings. The number of allylic oxidation sites excluding steroid dienone is 1. The van der Waals surface area contributed by atoms with E-state index in [-0.39, 0.29) is 18.6 Å². The minimum Gasteiger partial charge on any atom is -0.493 e. The second kappa shape index (κ2) is 14.4. The molecule has 2 aliphatic rings. The molecule has 0 radical (unpaired) electrons. The molecule has 0 aromatic heterocycles. The van der Waals surface area contributed by atoms with E-state index in [1.165, 1.54) is 21.3 Å². The largest absolute Gasteiger partial charge is 0.493 e. The molecule has 7 atom stereocenters. The van der Waals surface area contributed by atoms with Crippen molar-refractivity contribution >= 4 is 11.9 Å². The maximum Gasteiger partial charge on any atom is 0.337 e. The van der Waals surface area contributed by atoms with Crippen molar-refractivity contribution in [2.24, 2.45) is 5.92 Å². The molecule has 0 saturated carbocycles. The van der Waals surface area contributed by atoms with Crippen LogP contribution < -0.4 is 9.47 Å². The molecule has 0 spiro atoms. The van der Waals surface area contributed by atoms with Crippen LogP contribution in [0.5, 0.6) is 11.5 Å². The van der Waals surface area contributed by atoms with E-state index < -0.39 is 61.5 Å². The average molecular weight is 569 g/mol. The number of carbonyl (C=O) groups is 2. The number of methoxy groups -OCH3 is 3. The number of ether oxygens (including phenoxy) is 7. The summed E-state index contributed by atoms with van der Waals surface area (Å²) in [7, 11) is 4.24. The van der Waals surface area contributed by atoms with Crippen LogP contribution in [0, 0.1) is 5.92 Å². The normalized spacial score (nSPS) is 29.2. The molecule has 2 heterocycles. The highest BCUT2D eigenvalue weighted by Gasteiger charge is 2.46. The Morgan fingerprint density at radius 3 is 2.38 bits per heavy atom. The number of hydrogen-bond acceptors (Lipinski definition) is 13. The first-order chi connectivity index (χ1) is 19.2. The minimum atomic E-state index is -1.68. The SMILES string of the molecule is CC=C1C(OC2OC(CO)C(O)C(O)C2O)OC=C(C(=O)OC)C1CC(=O)OCCc1ccc(OC)c(OC)c1. The van der Waals surface area contributed by atoms with Crippen LogP contribution in [0.3, 0.4) is 0 Å². The maximum atomic E-state index is 12.8. The third-order valence-corrected chi connectivity index (χ3v) is 6.70. The molecule has 0 amide bonds. The highest BCUT2D eigenvalue weighted by Crippen LogP contribution is 2.36. The zero-order valence-electron chi connectivity index (χ0n) is 22.7. The molecule has 0 bridgehead atoms. The number of esters is 2. The lowest BCUT2D eigenvalue weighted by Crippen LogP contribution is -2.60.